The normalized spacial score (nSPS) is 14.7. The van der Waals surface area contributed by atoms with Crippen LogP contribution < -0.4 is 0 Å². The van der Waals surface area contributed by atoms with Gasteiger partial charge in [0, 0.05) is 15.2 Å². The largest absolute Gasteiger partial charge is 0.141 e. The zero-order valence-corrected chi connectivity index (χ0v) is 14.3. The van der Waals surface area contributed by atoms with Gasteiger partial charge in [-0.2, -0.15) is 0 Å². The van der Waals surface area contributed by atoms with E-state index in [0.29, 0.717) is 0 Å². The Morgan fingerprint density at radius 2 is 1.45 bits per heavy atom. The average Bonchev–Trinajstić information content (AvgIpc) is 3.01. The second-order valence-corrected chi connectivity index (χ2v) is 8.13. The highest BCUT2D eigenvalue weighted by atomic mass is 32.1. The molecule has 4 rings (SSSR count). The van der Waals surface area contributed by atoms with Gasteiger partial charge in [-0.1, -0.05) is 49.7 Å². The molecule has 0 amide bonds. The molecule has 0 saturated heterocycles. The van der Waals surface area contributed by atoms with Gasteiger partial charge in [0.05, 0.1) is 0 Å². The first-order chi connectivity index (χ1) is 10.5. The van der Waals surface area contributed by atoms with Gasteiger partial charge in [0.1, 0.15) is 0 Å². The molecule has 1 aliphatic rings. The van der Waals surface area contributed by atoms with Crippen molar-refractivity contribution in [2.75, 3.05) is 0 Å². The molecular formula is C21H20S. The molecule has 0 spiro atoms. The second kappa shape index (κ2) is 4.57. The monoisotopic (exact) mass is 304 g/mol. The predicted octanol–water partition coefficient (Wildman–Crippen LogP) is 6.34. The molecule has 3 aromatic rings. The fraction of sp³-hybridized carbons (Fsp3) is 0.238. The lowest BCUT2D eigenvalue weighted by atomic mass is 9.81. The molecular weight excluding hydrogens is 284 g/mol. The molecule has 0 unspecified atom stereocenters. The molecule has 0 radical (unpaired) electrons. The molecule has 1 heterocycles. The van der Waals surface area contributed by atoms with Crippen LogP contribution in [0.15, 0.2) is 48.5 Å². The van der Waals surface area contributed by atoms with E-state index in [1.54, 1.807) is 0 Å². The Labute approximate surface area is 136 Å². The van der Waals surface area contributed by atoms with Gasteiger partial charge in [-0.15, -0.1) is 11.3 Å². The Morgan fingerprint density at radius 1 is 0.773 bits per heavy atom. The Bertz CT molecular complexity index is 881. The minimum Gasteiger partial charge on any atom is -0.141 e. The standard InChI is InChI=1S/C21H20S/c1-13-5-8-16-17-9-7-15(20-10-6-14(2)22-20)12-19(17)21(3,4)18(16)11-13/h5-12H,1-4H3. The number of fused-ring (bicyclic) bond motifs is 3. The molecule has 1 heteroatoms. The molecule has 0 N–H and O–H groups in total. The average molecular weight is 304 g/mol. The summed E-state index contributed by atoms with van der Waals surface area (Å²) in [5, 5.41) is 0. The summed E-state index contributed by atoms with van der Waals surface area (Å²) in [5.41, 5.74) is 8.48. The highest BCUT2D eigenvalue weighted by Gasteiger charge is 2.35. The van der Waals surface area contributed by atoms with Crippen molar-refractivity contribution in [1.29, 1.82) is 0 Å². The van der Waals surface area contributed by atoms with Gasteiger partial charge >= 0.3 is 0 Å². The van der Waals surface area contributed by atoms with E-state index in [2.05, 4.69) is 76.2 Å². The SMILES string of the molecule is Cc1ccc2c(c1)C(C)(C)c1cc(-c3ccc(C)s3)ccc1-2. The molecule has 0 saturated carbocycles. The molecule has 0 nitrogen and oxygen atoms in total. The lowest BCUT2D eigenvalue weighted by Crippen LogP contribution is -2.15. The van der Waals surface area contributed by atoms with Gasteiger partial charge in [0.25, 0.3) is 0 Å². The fourth-order valence-electron chi connectivity index (χ4n) is 3.59. The van der Waals surface area contributed by atoms with E-state index in [4.69, 9.17) is 0 Å². The lowest BCUT2D eigenvalue weighted by Gasteiger charge is -2.22. The number of benzene rings is 2. The number of thiophene rings is 1. The quantitative estimate of drug-likeness (QED) is 0.492. The first kappa shape index (κ1) is 13.8. The molecule has 1 aromatic heterocycles. The molecule has 0 fully saturated rings. The molecule has 0 aliphatic heterocycles. The summed E-state index contributed by atoms with van der Waals surface area (Å²) in [4.78, 5) is 2.73. The first-order valence-electron chi connectivity index (χ1n) is 7.79. The number of rotatable bonds is 1. The van der Waals surface area contributed by atoms with Crippen molar-refractivity contribution in [1.82, 2.24) is 0 Å². The summed E-state index contributed by atoms with van der Waals surface area (Å²) >= 11 is 1.87. The van der Waals surface area contributed by atoms with Crippen LogP contribution in [0.25, 0.3) is 21.6 Å². The number of hydrogen-bond acceptors (Lipinski definition) is 1. The van der Waals surface area contributed by atoms with Crippen LogP contribution in [0.2, 0.25) is 0 Å². The summed E-state index contributed by atoms with van der Waals surface area (Å²) < 4.78 is 0. The van der Waals surface area contributed by atoms with E-state index in [1.807, 2.05) is 11.3 Å². The van der Waals surface area contributed by atoms with Crippen LogP contribution in [0.3, 0.4) is 0 Å². The third-order valence-electron chi connectivity index (χ3n) is 4.86. The number of hydrogen-bond donors (Lipinski definition) is 0. The van der Waals surface area contributed by atoms with Gasteiger partial charge in [-0.3, -0.25) is 0 Å². The summed E-state index contributed by atoms with van der Waals surface area (Å²) in [5.74, 6) is 0. The summed E-state index contributed by atoms with van der Waals surface area (Å²) in [6, 6.07) is 18.3. The van der Waals surface area contributed by atoms with Crippen LogP contribution in [-0.4, -0.2) is 0 Å². The Balaban J connectivity index is 1.93. The minimum atomic E-state index is 0.0823. The second-order valence-electron chi connectivity index (χ2n) is 6.84. The third kappa shape index (κ3) is 1.89. The fourth-order valence-corrected chi connectivity index (χ4v) is 4.46. The van der Waals surface area contributed by atoms with E-state index in [-0.39, 0.29) is 5.41 Å². The summed E-state index contributed by atoms with van der Waals surface area (Å²) in [6.07, 6.45) is 0. The topological polar surface area (TPSA) is 0 Å². The van der Waals surface area contributed by atoms with Crippen molar-refractivity contribution in [3.63, 3.8) is 0 Å². The van der Waals surface area contributed by atoms with Gasteiger partial charge < -0.3 is 0 Å². The Kier molecular flexibility index (Phi) is 2.86. The van der Waals surface area contributed by atoms with Crippen LogP contribution in [0, 0.1) is 13.8 Å². The predicted molar refractivity (Wildman–Crippen MR) is 96.8 cm³/mol. The van der Waals surface area contributed by atoms with Crippen LogP contribution >= 0.6 is 11.3 Å². The lowest BCUT2D eigenvalue weighted by molar-refractivity contribution is 0.660. The van der Waals surface area contributed by atoms with E-state index in [1.165, 1.54) is 43.1 Å². The molecule has 2 aromatic carbocycles. The number of aryl methyl sites for hydroxylation is 2. The Morgan fingerprint density at radius 3 is 2.14 bits per heavy atom. The summed E-state index contributed by atoms with van der Waals surface area (Å²) in [7, 11) is 0. The van der Waals surface area contributed by atoms with Gasteiger partial charge in [-0.25, -0.2) is 0 Å². The Hall–Kier alpha value is -1.86. The maximum atomic E-state index is 2.40. The van der Waals surface area contributed by atoms with Crippen LogP contribution in [-0.2, 0) is 5.41 Å². The van der Waals surface area contributed by atoms with Gasteiger partial charge in [0.15, 0.2) is 0 Å². The molecule has 22 heavy (non-hydrogen) atoms. The van der Waals surface area contributed by atoms with E-state index in [9.17, 15) is 0 Å². The first-order valence-corrected chi connectivity index (χ1v) is 8.61. The highest BCUT2D eigenvalue weighted by Crippen LogP contribution is 2.50. The van der Waals surface area contributed by atoms with Crippen molar-refractivity contribution in [3.05, 3.63) is 70.1 Å². The van der Waals surface area contributed by atoms with Crippen molar-refractivity contribution in [2.45, 2.75) is 33.1 Å². The highest BCUT2D eigenvalue weighted by molar-refractivity contribution is 7.15. The summed E-state index contributed by atoms with van der Waals surface area (Å²) in [6.45, 7) is 9.05. The minimum absolute atomic E-state index is 0.0823. The van der Waals surface area contributed by atoms with E-state index >= 15 is 0 Å². The smallest absolute Gasteiger partial charge is 0.0345 e. The molecule has 0 bridgehead atoms. The molecule has 1 aliphatic carbocycles. The van der Waals surface area contributed by atoms with Gasteiger partial charge in [0.2, 0.25) is 0 Å². The molecule has 0 atom stereocenters. The van der Waals surface area contributed by atoms with Crippen LogP contribution in [0.5, 0.6) is 0 Å². The third-order valence-corrected chi connectivity index (χ3v) is 5.91. The van der Waals surface area contributed by atoms with Crippen molar-refractivity contribution >= 4 is 11.3 Å². The van der Waals surface area contributed by atoms with Crippen LogP contribution in [0.4, 0.5) is 0 Å². The van der Waals surface area contributed by atoms with E-state index < -0.39 is 0 Å². The van der Waals surface area contributed by atoms with Crippen LogP contribution in [0.1, 0.15) is 35.4 Å². The zero-order valence-electron chi connectivity index (χ0n) is 13.5. The van der Waals surface area contributed by atoms with Crippen molar-refractivity contribution < 1.29 is 0 Å². The zero-order chi connectivity index (χ0) is 15.5. The van der Waals surface area contributed by atoms with Crippen molar-refractivity contribution in [2.24, 2.45) is 0 Å². The maximum Gasteiger partial charge on any atom is 0.0345 e. The van der Waals surface area contributed by atoms with Gasteiger partial charge in [-0.05, 0) is 59.9 Å². The van der Waals surface area contributed by atoms with E-state index in [0.717, 1.165) is 0 Å². The van der Waals surface area contributed by atoms with Crippen molar-refractivity contribution in [3.8, 4) is 21.6 Å². The maximum absolute atomic E-state index is 2.40. The molecule has 110 valence electrons.